The lowest BCUT2D eigenvalue weighted by Gasteiger charge is -2.37. The van der Waals surface area contributed by atoms with E-state index in [1.54, 1.807) is 0 Å². The van der Waals surface area contributed by atoms with Gasteiger partial charge in [-0.1, -0.05) is 98.8 Å². The van der Waals surface area contributed by atoms with E-state index >= 15 is 0 Å². The van der Waals surface area contributed by atoms with E-state index in [1.165, 1.54) is 0 Å². The van der Waals surface area contributed by atoms with E-state index < -0.39 is 0 Å². The molecule has 6 aromatic carbocycles. The first-order chi connectivity index (χ1) is 27.2. The van der Waals surface area contributed by atoms with Gasteiger partial charge < -0.3 is 28.4 Å². The molecular weight excluding hydrogens is 705 g/mol. The van der Waals surface area contributed by atoms with Gasteiger partial charge in [0.2, 0.25) is 0 Å². The number of hydrogen-bond acceptors (Lipinski definition) is 8. The third-order valence-corrected chi connectivity index (χ3v) is 10.5. The molecule has 0 aromatic heterocycles. The van der Waals surface area contributed by atoms with Crippen molar-refractivity contribution in [2.45, 2.75) is 39.5 Å². The average Bonchev–Trinajstić information content (AvgIpc) is 3.20. The van der Waals surface area contributed by atoms with Gasteiger partial charge in [-0.05, 0) is 81.9 Å². The van der Waals surface area contributed by atoms with Crippen molar-refractivity contribution >= 4 is 33.5 Å². The highest BCUT2D eigenvalue weighted by molar-refractivity contribution is 6.10. The Morgan fingerprint density at radius 2 is 0.911 bits per heavy atom. The van der Waals surface area contributed by atoms with Crippen LogP contribution in [-0.2, 0) is 31.9 Å². The van der Waals surface area contributed by atoms with E-state index in [9.17, 15) is 9.59 Å². The summed E-state index contributed by atoms with van der Waals surface area (Å²) in [7, 11) is 0. The summed E-state index contributed by atoms with van der Waals surface area (Å²) in [6, 6.07) is 39.2. The predicted molar refractivity (Wildman–Crippen MR) is 217 cm³/mol. The average molecular weight is 751 g/mol. The summed E-state index contributed by atoms with van der Waals surface area (Å²) in [5.74, 6) is 1.67. The van der Waals surface area contributed by atoms with Gasteiger partial charge in [0.15, 0.2) is 0 Å². The summed E-state index contributed by atoms with van der Waals surface area (Å²) in [6.07, 6.45) is 1.38. The molecule has 2 fully saturated rings. The summed E-state index contributed by atoms with van der Waals surface area (Å²) in [4.78, 5) is 27.1. The van der Waals surface area contributed by atoms with Crippen LogP contribution < -0.4 is 18.9 Å². The van der Waals surface area contributed by atoms with Gasteiger partial charge in [-0.3, -0.25) is 9.59 Å². The van der Waals surface area contributed by atoms with Crippen LogP contribution in [0.1, 0.15) is 37.8 Å². The quantitative estimate of drug-likeness (QED) is 0.0758. The highest BCUT2D eigenvalue weighted by Gasteiger charge is 2.35. The van der Waals surface area contributed by atoms with Crippen LogP contribution in [0.2, 0.25) is 0 Å². The minimum Gasteiger partial charge on any atom is -0.493 e. The van der Waals surface area contributed by atoms with Crippen LogP contribution in [0.3, 0.4) is 0 Å². The third kappa shape index (κ3) is 8.57. The minimum absolute atomic E-state index is 0.0620. The van der Waals surface area contributed by atoms with Crippen molar-refractivity contribution in [2.75, 3.05) is 39.6 Å². The van der Waals surface area contributed by atoms with Gasteiger partial charge in [-0.2, -0.15) is 0 Å². The second-order valence-electron chi connectivity index (χ2n) is 15.7. The molecule has 2 aliphatic heterocycles. The summed E-state index contributed by atoms with van der Waals surface area (Å²) < 4.78 is 35.0. The molecule has 8 rings (SSSR count). The van der Waals surface area contributed by atoms with Crippen LogP contribution in [0, 0.1) is 10.8 Å². The fraction of sp³-hybridized carbons (Fsp3) is 0.292. The lowest BCUT2D eigenvalue weighted by Crippen LogP contribution is -2.44. The van der Waals surface area contributed by atoms with E-state index in [4.69, 9.17) is 28.4 Å². The second-order valence-corrected chi connectivity index (χ2v) is 15.7. The van der Waals surface area contributed by atoms with E-state index in [0.29, 0.717) is 75.1 Å². The topological polar surface area (TPSA) is 89.5 Å². The SMILES string of the molecule is CC1(COc2ccc(CCC(=O)Oc3ccc4ccccc4c3-c3c(OC(=O)CCc4ccc(OCC5(C)COC5)cc4)ccc4ccccc34)cc2)COC1. The van der Waals surface area contributed by atoms with Crippen molar-refractivity contribution in [3.8, 4) is 34.1 Å². The highest BCUT2D eigenvalue weighted by Crippen LogP contribution is 2.46. The number of aryl methyl sites for hydroxylation is 2. The molecule has 0 radical (unpaired) electrons. The maximum Gasteiger partial charge on any atom is 0.311 e. The van der Waals surface area contributed by atoms with Crippen LogP contribution in [0.15, 0.2) is 121 Å². The Bertz CT molecular complexity index is 2170. The second kappa shape index (κ2) is 16.2. The fourth-order valence-electron chi connectivity index (χ4n) is 7.12. The molecule has 0 bridgehead atoms. The Morgan fingerprint density at radius 3 is 1.29 bits per heavy atom. The zero-order chi connectivity index (χ0) is 38.5. The zero-order valence-electron chi connectivity index (χ0n) is 31.9. The first-order valence-electron chi connectivity index (χ1n) is 19.3. The molecule has 6 aromatic rings. The van der Waals surface area contributed by atoms with Crippen molar-refractivity contribution in [1.29, 1.82) is 0 Å². The molecule has 2 aliphatic rings. The van der Waals surface area contributed by atoms with Gasteiger partial charge in [-0.15, -0.1) is 0 Å². The number of fused-ring (bicyclic) bond motifs is 2. The Morgan fingerprint density at radius 1 is 0.518 bits per heavy atom. The van der Waals surface area contributed by atoms with Crippen molar-refractivity contribution in [2.24, 2.45) is 10.8 Å². The maximum atomic E-state index is 13.5. The Kier molecular flexibility index (Phi) is 10.8. The van der Waals surface area contributed by atoms with Gasteiger partial charge in [0, 0.05) is 34.8 Å². The summed E-state index contributed by atoms with van der Waals surface area (Å²) in [6.45, 7) is 8.35. The van der Waals surface area contributed by atoms with Crippen molar-refractivity contribution < 1.29 is 38.0 Å². The lowest BCUT2D eigenvalue weighted by molar-refractivity contribution is -0.135. The first-order valence-corrected chi connectivity index (χ1v) is 19.3. The Labute approximate surface area is 327 Å². The van der Waals surface area contributed by atoms with Crippen LogP contribution >= 0.6 is 0 Å². The Hall–Kier alpha value is -5.70. The molecule has 0 unspecified atom stereocenters. The maximum absolute atomic E-state index is 13.5. The van der Waals surface area contributed by atoms with Crippen LogP contribution in [0.5, 0.6) is 23.0 Å². The number of ether oxygens (including phenoxy) is 6. The molecule has 0 spiro atoms. The number of rotatable bonds is 15. The normalized spacial score (nSPS) is 15.4. The number of esters is 2. The highest BCUT2D eigenvalue weighted by atomic mass is 16.5. The van der Waals surface area contributed by atoms with Crippen LogP contribution in [0.4, 0.5) is 0 Å². The smallest absolute Gasteiger partial charge is 0.311 e. The summed E-state index contributed by atoms with van der Waals surface area (Å²) >= 11 is 0. The van der Waals surface area contributed by atoms with Gasteiger partial charge in [0.1, 0.15) is 23.0 Å². The van der Waals surface area contributed by atoms with Gasteiger partial charge in [0.25, 0.3) is 0 Å². The number of carbonyl (C=O) groups excluding carboxylic acids is 2. The van der Waals surface area contributed by atoms with Crippen LogP contribution in [0.25, 0.3) is 32.7 Å². The third-order valence-electron chi connectivity index (χ3n) is 10.5. The molecule has 286 valence electrons. The standard InChI is InChI=1S/C48H46O8/c1-47(27-51-28-47)31-53-37-19-11-33(12-20-37)15-25-43(49)55-41-23-17-35-7-3-5-9-39(35)45(41)46-40-10-6-4-8-36(40)18-24-42(46)56-44(50)26-16-34-13-21-38(22-14-34)54-32-48(2)29-52-30-48/h3-14,17-24H,15-16,25-32H2,1-2H3. The van der Waals surface area contributed by atoms with Crippen molar-refractivity contribution in [3.63, 3.8) is 0 Å². The monoisotopic (exact) mass is 750 g/mol. The van der Waals surface area contributed by atoms with Crippen molar-refractivity contribution in [1.82, 2.24) is 0 Å². The molecule has 0 atom stereocenters. The van der Waals surface area contributed by atoms with Crippen LogP contribution in [-0.4, -0.2) is 51.6 Å². The predicted octanol–water partition coefficient (Wildman–Crippen LogP) is 9.57. The molecule has 2 heterocycles. The van der Waals surface area contributed by atoms with E-state index in [0.717, 1.165) is 44.2 Å². The molecule has 0 aliphatic carbocycles. The molecular formula is C48H46O8. The molecule has 0 saturated carbocycles. The summed E-state index contributed by atoms with van der Waals surface area (Å²) in [5, 5.41) is 3.70. The molecule has 0 N–H and O–H groups in total. The molecule has 56 heavy (non-hydrogen) atoms. The van der Waals surface area contributed by atoms with Gasteiger partial charge in [-0.25, -0.2) is 0 Å². The number of hydrogen-bond donors (Lipinski definition) is 0. The molecule has 8 heteroatoms. The first kappa shape index (κ1) is 37.2. The minimum atomic E-state index is -0.360. The summed E-state index contributed by atoms with van der Waals surface area (Å²) in [5.41, 5.74) is 3.53. The number of carbonyl (C=O) groups is 2. The van der Waals surface area contributed by atoms with E-state index in [1.807, 2.05) is 121 Å². The number of benzene rings is 6. The van der Waals surface area contributed by atoms with E-state index in [-0.39, 0.29) is 35.6 Å². The van der Waals surface area contributed by atoms with Crippen molar-refractivity contribution in [3.05, 3.63) is 132 Å². The van der Waals surface area contributed by atoms with Gasteiger partial charge >= 0.3 is 11.9 Å². The van der Waals surface area contributed by atoms with Gasteiger partial charge in [0.05, 0.1) is 39.6 Å². The zero-order valence-corrected chi connectivity index (χ0v) is 31.9. The fourth-order valence-corrected chi connectivity index (χ4v) is 7.12. The lowest BCUT2D eigenvalue weighted by atomic mass is 9.90. The molecule has 8 nitrogen and oxygen atoms in total. The largest absolute Gasteiger partial charge is 0.493 e. The Balaban J connectivity index is 0.993. The molecule has 2 saturated heterocycles. The molecule has 0 amide bonds. The van der Waals surface area contributed by atoms with E-state index in [2.05, 4.69) is 13.8 Å².